The number of ether oxygens (including phenoxy) is 1. The minimum Gasteiger partial charge on any atom is -0.496 e. The smallest absolute Gasteiger partial charge is 0.166 e. The number of benzene rings is 1. The lowest BCUT2D eigenvalue weighted by Crippen LogP contribution is -2.10. The van der Waals surface area contributed by atoms with Crippen LogP contribution in [0.1, 0.15) is 61.9 Å². The van der Waals surface area contributed by atoms with Gasteiger partial charge in [-0.05, 0) is 25.0 Å². The van der Waals surface area contributed by atoms with Crippen LogP contribution >= 0.6 is 0 Å². The minimum absolute atomic E-state index is 0.212. The fourth-order valence-electron chi connectivity index (χ4n) is 2.36. The van der Waals surface area contributed by atoms with Gasteiger partial charge in [-0.15, -0.1) is 0 Å². The molecule has 0 saturated carbocycles. The SMILES string of the molecule is CCCCC(CC)CC(=O)c1cc(C)ccc1OC. The lowest BCUT2D eigenvalue weighted by Gasteiger charge is -2.15. The van der Waals surface area contributed by atoms with E-state index in [1.807, 2.05) is 25.1 Å². The van der Waals surface area contributed by atoms with E-state index in [1.165, 1.54) is 12.8 Å². The molecule has 0 aliphatic rings. The Morgan fingerprint density at radius 3 is 2.63 bits per heavy atom. The Labute approximate surface area is 117 Å². The molecule has 0 spiro atoms. The van der Waals surface area contributed by atoms with E-state index in [2.05, 4.69) is 13.8 Å². The lowest BCUT2D eigenvalue weighted by molar-refractivity contribution is 0.0954. The van der Waals surface area contributed by atoms with Crippen LogP contribution in [0.3, 0.4) is 0 Å². The van der Waals surface area contributed by atoms with Gasteiger partial charge < -0.3 is 4.74 Å². The summed E-state index contributed by atoms with van der Waals surface area (Å²) in [6, 6.07) is 5.80. The summed E-state index contributed by atoms with van der Waals surface area (Å²) in [4.78, 5) is 12.4. The monoisotopic (exact) mass is 262 g/mol. The Hall–Kier alpha value is -1.31. The van der Waals surface area contributed by atoms with Crippen molar-refractivity contribution in [1.82, 2.24) is 0 Å². The number of hydrogen-bond donors (Lipinski definition) is 0. The van der Waals surface area contributed by atoms with E-state index >= 15 is 0 Å². The van der Waals surface area contributed by atoms with E-state index in [0.717, 1.165) is 24.0 Å². The highest BCUT2D eigenvalue weighted by Gasteiger charge is 2.17. The molecule has 0 amide bonds. The van der Waals surface area contributed by atoms with E-state index in [0.29, 0.717) is 18.1 Å². The van der Waals surface area contributed by atoms with Crippen molar-refractivity contribution in [2.24, 2.45) is 5.92 Å². The first-order valence-electron chi connectivity index (χ1n) is 7.30. The Kier molecular flexibility index (Phi) is 6.61. The first kappa shape index (κ1) is 15.7. The molecule has 1 rings (SSSR count). The summed E-state index contributed by atoms with van der Waals surface area (Å²) < 4.78 is 5.30. The van der Waals surface area contributed by atoms with Crippen LogP contribution in [-0.4, -0.2) is 12.9 Å². The standard InChI is InChI=1S/C17H26O2/c1-5-7-8-14(6-2)12-16(18)15-11-13(3)9-10-17(15)19-4/h9-11,14H,5-8,12H2,1-4H3. The van der Waals surface area contributed by atoms with Crippen molar-refractivity contribution in [3.05, 3.63) is 29.3 Å². The molecular weight excluding hydrogens is 236 g/mol. The van der Waals surface area contributed by atoms with Gasteiger partial charge in [0.1, 0.15) is 5.75 Å². The molecule has 1 atom stereocenters. The third-order valence-corrected chi connectivity index (χ3v) is 3.67. The summed E-state index contributed by atoms with van der Waals surface area (Å²) >= 11 is 0. The molecule has 106 valence electrons. The van der Waals surface area contributed by atoms with Crippen molar-refractivity contribution in [1.29, 1.82) is 0 Å². The van der Waals surface area contributed by atoms with Crippen LogP contribution < -0.4 is 4.74 Å². The van der Waals surface area contributed by atoms with Gasteiger partial charge in [0.05, 0.1) is 12.7 Å². The van der Waals surface area contributed by atoms with Gasteiger partial charge >= 0.3 is 0 Å². The average Bonchev–Trinajstić information content (AvgIpc) is 2.43. The molecule has 0 aliphatic carbocycles. The van der Waals surface area contributed by atoms with E-state index in [4.69, 9.17) is 4.74 Å². The molecule has 0 saturated heterocycles. The third kappa shape index (κ3) is 4.70. The quantitative estimate of drug-likeness (QED) is 0.629. The van der Waals surface area contributed by atoms with Crippen molar-refractivity contribution >= 4 is 5.78 Å². The second kappa shape index (κ2) is 7.98. The predicted octanol–water partition coefficient (Wildman–Crippen LogP) is 4.79. The van der Waals surface area contributed by atoms with Gasteiger partial charge in [0.25, 0.3) is 0 Å². The molecule has 0 radical (unpaired) electrons. The highest BCUT2D eigenvalue weighted by molar-refractivity contribution is 5.99. The summed E-state index contributed by atoms with van der Waals surface area (Å²) in [6.45, 7) is 6.36. The molecule has 0 aromatic heterocycles. The zero-order valence-corrected chi connectivity index (χ0v) is 12.7. The van der Waals surface area contributed by atoms with Crippen molar-refractivity contribution < 1.29 is 9.53 Å². The summed E-state index contributed by atoms with van der Waals surface area (Å²) in [5.41, 5.74) is 1.84. The van der Waals surface area contributed by atoms with Crippen LogP contribution in [-0.2, 0) is 0 Å². The molecule has 0 fully saturated rings. The van der Waals surface area contributed by atoms with Crippen molar-refractivity contribution in [2.75, 3.05) is 7.11 Å². The minimum atomic E-state index is 0.212. The number of rotatable bonds is 8. The van der Waals surface area contributed by atoms with Gasteiger partial charge in [-0.1, -0.05) is 51.2 Å². The zero-order chi connectivity index (χ0) is 14.3. The normalized spacial score (nSPS) is 12.2. The van der Waals surface area contributed by atoms with Crippen molar-refractivity contribution in [3.8, 4) is 5.75 Å². The molecule has 0 N–H and O–H groups in total. The maximum atomic E-state index is 12.4. The molecule has 1 aromatic carbocycles. The number of hydrogen-bond acceptors (Lipinski definition) is 2. The van der Waals surface area contributed by atoms with E-state index in [1.54, 1.807) is 7.11 Å². The highest BCUT2D eigenvalue weighted by atomic mass is 16.5. The van der Waals surface area contributed by atoms with Gasteiger partial charge in [-0.3, -0.25) is 4.79 Å². The first-order valence-corrected chi connectivity index (χ1v) is 7.30. The average molecular weight is 262 g/mol. The fraction of sp³-hybridized carbons (Fsp3) is 0.588. The van der Waals surface area contributed by atoms with Crippen LogP contribution in [0.15, 0.2) is 18.2 Å². The first-order chi connectivity index (χ1) is 9.12. The Morgan fingerprint density at radius 2 is 2.05 bits per heavy atom. The molecule has 0 heterocycles. The summed E-state index contributed by atoms with van der Waals surface area (Å²) in [5, 5.41) is 0. The number of unbranched alkanes of at least 4 members (excludes halogenated alkanes) is 1. The van der Waals surface area contributed by atoms with Gasteiger partial charge in [-0.2, -0.15) is 0 Å². The summed E-state index contributed by atoms with van der Waals surface area (Å²) in [7, 11) is 1.62. The fourth-order valence-corrected chi connectivity index (χ4v) is 2.36. The molecule has 1 aromatic rings. The molecule has 19 heavy (non-hydrogen) atoms. The third-order valence-electron chi connectivity index (χ3n) is 3.67. The molecule has 2 nitrogen and oxygen atoms in total. The number of ketones is 1. The Bertz CT molecular complexity index is 410. The van der Waals surface area contributed by atoms with Crippen LogP contribution in [0.2, 0.25) is 0 Å². The summed E-state index contributed by atoms with van der Waals surface area (Å²) in [6.07, 6.45) is 5.25. The van der Waals surface area contributed by atoms with Crippen LogP contribution in [0, 0.1) is 12.8 Å². The van der Waals surface area contributed by atoms with Crippen molar-refractivity contribution in [3.63, 3.8) is 0 Å². The largest absolute Gasteiger partial charge is 0.496 e. The van der Waals surface area contributed by atoms with Crippen LogP contribution in [0.5, 0.6) is 5.75 Å². The number of carbonyl (C=O) groups is 1. The second-order valence-corrected chi connectivity index (χ2v) is 5.25. The number of aryl methyl sites for hydroxylation is 1. The maximum absolute atomic E-state index is 12.4. The van der Waals surface area contributed by atoms with Gasteiger partial charge in [0.15, 0.2) is 5.78 Å². The van der Waals surface area contributed by atoms with E-state index in [9.17, 15) is 4.79 Å². The topological polar surface area (TPSA) is 26.3 Å². The molecule has 0 bridgehead atoms. The Balaban J connectivity index is 2.78. The predicted molar refractivity (Wildman–Crippen MR) is 80.0 cm³/mol. The van der Waals surface area contributed by atoms with Gasteiger partial charge in [0, 0.05) is 6.42 Å². The van der Waals surface area contributed by atoms with Gasteiger partial charge in [-0.25, -0.2) is 0 Å². The van der Waals surface area contributed by atoms with Crippen LogP contribution in [0.4, 0.5) is 0 Å². The second-order valence-electron chi connectivity index (χ2n) is 5.25. The number of methoxy groups -OCH3 is 1. The number of carbonyl (C=O) groups excluding carboxylic acids is 1. The molecule has 0 aliphatic heterocycles. The molecule has 2 heteroatoms. The van der Waals surface area contributed by atoms with E-state index < -0.39 is 0 Å². The van der Waals surface area contributed by atoms with Crippen molar-refractivity contribution in [2.45, 2.75) is 52.9 Å². The van der Waals surface area contributed by atoms with Crippen LogP contribution in [0.25, 0.3) is 0 Å². The summed E-state index contributed by atoms with van der Waals surface area (Å²) in [5.74, 6) is 1.40. The molecular formula is C17H26O2. The van der Waals surface area contributed by atoms with Gasteiger partial charge in [0.2, 0.25) is 0 Å². The zero-order valence-electron chi connectivity index (χ0n) is 12.7. The highest BCUT2D eigenvalue weighted by Crippen LogP contribution is 2.25. The Morgan fingerprint density at radius 1 is 1.32 bits per heavy atom. The maximum Gasteiger partial charge on any atom is 0.166 e. The molecule has 1 unspecified atom stereocenters. The lowest BCUT2D eigenvalue weighted by atomic mass is 9.91. The van der Waals surface area contributed by atoms with E-state index in [-0.39, 0.29) is 5.78 Å². The number of Topliss-reactive ketones (excluding diaryl/α,β-unsaturated/α-hetero) is 1.